The highest BCUT2D eigenvalue weighted by Gasteiger charge is 2.23. The molecule has 0 bridgehead atoms. The number of nitrogens with one attached hydrogen (secondary N) is 1. The van der Waals surface area contributed by atoms with Gasteiger partial charge in [0, 0.05) is 18.6 Å². The van der Waals surface area contributed by atoms with E-state index >= 15 is 0 Å². The van der Waals surface area contributed by atoms with Crippen LogP contribution in [0.25, 0.3) is 0 Å². The number of carbonyl (C=O) groups is 1. The van der Waals surface area contributed by atoms with Crippen LogP contribution < -0.4 is 11.1 Å². The Bertz CT molecular complexity index is 275. The number of hydrogen-bond acceptors (Lipinski definition) is 3. The van der Waals surface area contributed by atoms with Crippen molar-refractivity contribution in [1.29, 1.82) is 0 Å². The van der Waals surface area contributed by atoms with Crippen LogP contribution in [0.5, 0.6) is 0 Å². The number of rotatable bonds is 7. The van der Waals surface area contributed by atoms with Crippen molar-refractivity contribution in [3.05, 3.63) is 0 Å². The van der Waals surface area contributed by atoms with Gasteiger partial charge in [0.05, 0.1) is 6.04 Å². The maximum atomic E-state index is 12.1. The van der Waals surface area contributed by atoms with Gasteiger partial charge in [0.2, 0.25) is 5.91 Å². The molecule has 1 amide bonds. The third-order valence-electron chi connectivity index (χ3n) is 4.41. The van der Waals surface area contributed by atoms with Crippen LogP contribution in [0.2, 0.25) is 0 Å². The van der Waals surface area contributed by atoms with E-state index in [1.165, 1.54) is 12.8 Å². The smallest absolute Gasteiger partial charge is 0.237 e. The summed E-state index contributed by atoms with van der Waals surface area (Å²) in [6, 6.07) is 0.550. The third-order valence-corrected chi connectivity index (χ3v) is 4.41. The van der Waals surface area contributed by atoms with Gasteiger partial charge in [0.15, 0.2) is 0 Å². The minimum absolute atomic E-state index is 0.0695. The number of amides is 1. The van der Waals surface area contributed by atoms with Gasteiger partial charge in [-0.2, -0.15) is 0 Å². The molecule has 0 radical (unpaired) electrons. The van der Waals surface area contributed by atoms with Crippen molar-refractivity contribution < 1.29 is 4.79 Å². The Morgan fingerprint density at radius 3 is 2.42 bits per heavy atom. The first-order valence-corrected chi connectivity index (χ1v) is 7.68. The largest absolute Gasteiger partial charge is 0.352 e. The third kappa shape index (κ3) is 5.49. The molecule has 2 unspecified atom stereocenters. The topological polar surface area (TPSA) is 58.4 Å². The van der Waals surface area contributed by atoms with Crippen LogP contribution in [0.15, 0.2) is 0 Å². The van der Waals surface area contributed by atoms with Crippen LogP contribution in [0.4, 0.5) is 0 Å². The van der Waals surface area contributed by atoms with Crippen LogP contribution in [0.3, 0.4) is 0 Å². The molecule has 112 valence electrons. The molecule has 0 aromatic rings. The fourth-order valence-corrected chi connectivity index (χ4v) is 2.47. The van der Waals surface area contributed by atoms with E-state index in [9.17, 15) is 4.79 Å². The van der Waals surface area contributed by atoms with E-state index in [0.717, 1.165) is 25.8 Å². The van der Waals surface area contributed by atoms with E-state index < -0.39 is 0 Å². The molecule has 0 aromatic heterocycles. The second-order valence-electron chi connectivity index (χ2n) is 6.34. The Kier molecular flexibility index (Phi) is 6.80. The normalized spacial score (nSPS) is 19.9. The van der Waals surface area contributed by atoms with Gasteiger partial charge in [-0.05, 0) is 39.2 Å². The maximum Gasteiger partial charge on any atom is 0.237 e. The number of hydrogen-bond donors (Lipinski definition) is 2. The molecular weight excluding hydrogens is 238 g/mol. The molecule has 19 heavy (non-hydrogen) atoms. The molecule has 0 aliphatic heterocycles. The molecule has 1 fully saturated rings. The molecule has 0 saturated heterocycles. The SMILES string of the molecule is CC(C)C(N)CCN(C)C(C)C(=O)NC1CCCC1. The Balaban J connectivity index is 2.29. The molecule has 4 heteroatoms. The first-order chi connectivity index (χ1) is 8.91. The van der Waals surface area contributed by atoms with Crippen LogP contribution in [0.1, 0.15) is 52.9 Å². The van der Waals surface area contributed by atoms with Gasteiger partial charge in [0.25, 0.3) is 0 Å². The summed E-state index contributed by atoms with van der Waals surface area (Å²) in [6.07, 6.45) is 5.72. The molecule has 0 aromatic carbocycles. The van der Waals surface area contributed by atoms with Gasteiger partial charge in [-0.1, -0.05) is 26.7 Å². The number of carbonyl (C=O) groups excluding carboxylic acids is 1. The lowest BCUT2D eigenvalue weighted by molar-refractivity contribution is -0.126. The zero-order valence-electron chi connectivity index (χ0n) is 13.0. The Labute approximate surface area is 118 Å². The average Bonchev–Trinajstić information content (AvgIpc) is 2.86. The van der Waals surface area contributed by atoms with E-state index in [2.05, 4.69) is 24.1 Å². The molecule has 1 aliphatic rings. The molecule has 2 atom stereocenters. The van der Waals surface area contributed by atoms with Crippen molar-refractivity contribution in [2.45, 2.75) is 71.0 Å². The monoisotopic (exact) mass is 269 g/mol. The summed E-state index contributed by atoms with van der Waals surface area (Å²) >= 11 is 0. The second kappa shape index (κ2) is 7.85. The lowest BCUT2D eigenvalue weighted by Crippen LogP contribution is -2.47. The quantitative estimate of drug-likeness (QED) is 0.740. The Morgan fingerprint density at radius 1 is 1.32 bits per heavy atom. The Morgan fingerprint density at radius 2 is 1.89 bits per heavy atom. The van der Waals surface area contributed by atoms with Crippen molar-refractivity contribution in [3.8, 4) is 0 Å². The summed E-state index contributed by atoms with van der Waals surface area (Å²) in [6.45, 7) is 7.13. The highest BCUT2D eigenvalue weighted by atomic mass is 16.2. The number of nitrogens with two attached hydrogens (primary N) is 1. The number of likely N-dealkylation sites (N-methyl/N-ethyl adjacent to an activating group) is 1. The maximum absolute atomic E-state index is 12.1. The van der Waals surface area contributed by atoms with Crippen molar-refractivity contribution in [1.82, 2.24) is 10.2 Å². The van der Waals surface area contributed by atoms with Gasteiger partial charge in [0.1, 0.15) is 0 Å². The van der Waals surface area contributed by atoms with Gasteiger partial charge in [-0.15, -0.1) is 0 Å². The van der Waals surface area contributed by atoms with Crippen LogP contribution in [-0.2, 0) is 4.79 Å². The van der Waals surface area contributed by atoms with Crippen LogP contribution in [0, 0.1) is 5.92 Å². The zero-order chi connectivity index (χ0) is 14.4. The molecule has 1 aliphatic carbocycles. The zero-order valence-corrected chi connectivity index (χ0v) is 13.0. The highest BCUT2D eigenvalue weighted by Crippen LogP contribution is 2.18. The van der Waals surface area contributed by atoms with Crippen molar-refractivity contribution in [3.63, 3.8) is 0 Å². The van der Waals surface area contributed by atoms with Crippen molar-refractivity contribution in [2.75, 3.05) is 13.6 Å². The summed E-state index contributed by atoms with van der Waals surface area (Å²) in [5.74, 6) is 0.656. The molecule has 0 heterocycles. The van der Waals surface area contributed by atoms with Gasteiger partial charge < -0.3 is 11.1 Å². The molecule has 0 spiro atoms. The molecule has 4 nitrogen and oxygen atoms in total. The van der Waals surface area contributed by atoms with Crippen LogP contribution >= 0.6 is 0 Å². The van der Waals surface area contributed by atoms with Gasteiger partial charge >= 0.3 is 0 Å². The van der Waals surface area contributed by atoms with Crippen LogP contribution in [-0.4, -0.2) is 42.5 Å². The average molecular weight is 269 g/mol. The predicted molar refractivity (Wildman–Crippen MR) is 79.9 cm³/mol. The highest BCUT2D eigenvalue weighted by molar-refractivity contribution is 5.81. The fourth-order valence-electron chi connectivity index (χ4n) is 2.47. The predicted octanol–water partition coefficient (Wildman–Crippen LogP) is 1.74. The molecule has 1 saturated carbocycles. The summed E-state index contributed by atoms with van der Waals surface area (Å²) in [4.78, 5) is 14.2. The van der Waals surface area contributed by atoms with E-state index in [4.69, 9.17) is 5.73 Å². The summed E-state index contributed by atoms with van der Waals surface area (Å²) in [7, 11) is 2.01. The molecule has 3 N–H and O–H groups in total. The standard InChI is InChI=1S/C15H31N3O/c1-11(2)14(16)9-10-18(4)12(3)15(19)17-13-7-5-6-8-13/h11-14H,5-10,16H2,1-4H3,(H,17,19). The second-order valence-corrected chi connectivity index (χ2v) is 6.34. The first-order valence-electron chi connectivity index (χ1n) is 7.68. The summed E-state index contributed by atoms with van der Waals surface area (Å²) in [5.41, 5.74) is 6.05. The van der Waals surface area contributed by atoms with E-state index in [-0.39, 0.29) is 18.0 Å². The van der Waals surface area contributed by atoms with Crippen molar-refractivity contribution in [2.24, 2.45) is 11.7 Å². The fraction of sp³-hybridized carbons (Fsp3) is 0.933. The van der Waals surface area contributed by atoms with E-state index in [1.54, 1.807) is 0 Å². The first kappa shape index (κ1) is 16.4. The van der Waals surface area contributed by atoms with Crippen molar-refractivity contribution >= 4 is 5.91 Å². The molecular formula is C15H31N3O. The Hall–Kier alpha value is -0.610. The van der Waals surface area contributed by atoms with E-state index in [0.29, 0.717) is 12.0 Å². The van der Waals surface area contributed by atoms with Gasteiger partial charge in [-0.25, -0.2) is 0 Å². The van der Waals surface area contributed by atoms with Gasteiger partial charge in [-0.3, -0.25) is 9.69 Å². The summed E-state index contributed by atoms with van der Waals surface area (Å²) < 4.78 is 0. The minimum Gasteiger partial charge on any atom is -0.352 e. The minimum atomic E-state index is -0.0695. The lowest BCUT2D eigenvalue weighted by Gasteiger charge is -2.27. The number of nitrogens with zero attached hydrogens (tertiary/aromatic N) is 1. The van der Waals surface area contributed by atoms with E-state index in [1.807, 2.05) is 14.0 Å². The molecule has 1 rings (SSSR count). The summed E-state index contributed by atoms with van der Waals surface area (Å²) in [5, 5.41) is 3.16. The lowest BCUT2D eigenvalue weighted by atomic mass is 10.0.